The smallest absolute Gasteiger partial charge is 0.172 e. The highest BCUT2D eigenvalue weighted by Crippen LogP contribution is 2.23. The van der Waals surface area contributed by atoms with Gasteiger partial charge in [0.05, 0.1) is 5.92 Å². The Kier molecular flexibility index (Phi) is 3.15. The molecule has 1 heterocycles. The van der Waals surface area contributed by atoms with E-state index in [4.69, 9.17) is 0 Å². The zero-order valence-corrected chi connectivity index (χ0v) is 10.1. The maximum absolute atomic E-state index is 12.1. The van der Waals surface area contributed by atoms with Crippen LogP contribution >= 0.6 is 11.3 Å². The Balaban J connectivity index is 2.23. The molecule has 1 atom stereocenters. The Morgan fingerprint density at radius 3 is 2.56 bits per heavy atom. The number of carbonyl (C=O) groups excluding carboxylic acids is 1. The number of hydrogen-bond donors (Lipinski definition) is 0. The lowest BCUT2D eigenvalue weighted by Crippen LogP contribution is -2.09. The summed E-state index contributed by atoms with van der Waals surface area (Å²) in [7, 11) is 0. The van der Waals surface area contributed by atoms with Gasteiger partial charge in [0, 0.05) is 16.6 Å². The van der Waals surface area contributed by atoms with Gasteiger partial charge in [-0.25, -0.2) is 4.98 Å². The summed E-state index contributed by atoms with van der Waals surface area (Å²) >= 11 is 1.55. The fourth-order valence-corrected chi connectivity index (χ4v) is 2.39. The first-order valence-corrected chi connectivity index (χ1v) is 6.07. The summed E-state index contributed by atoms with van der Waals surface area (Å²) in [6.45, 7) is 3.85. The summed E-state index contributed by atoms with van der Waals surface area (Å²) in [6, 6.07) is 9.37. The van der Waals surface area contributed by atoms with E-state index >= 15 is 0 Å². The summed E-state index contributed by atoms with van der Waals surface area (Å²) in [5.74, 6) is -0.0175. The number of nitrogens with zero attached hydrogens (tertiary/aromatic N) is 1. The van der Waals surface area contributed by atoms with Gasteiger partial charge in [0.25, 0.3) is 0 Å². The summed E-state index contributed by atoms with van der Waals surface area (Å²) in [5, 5.41) is 2.87. The second-order valence-electron chi connectivity index (χ2n) is 3.78. The van der Waals surface area contributed by atoms with E-state index in [1.807, 2.05) is 49.6 Å². The lowest BCUT2D eigenvalue weighted by molar-refractivity contribution is 0.0966. The molecule has 16 heavy (non-hydrogen) atoms. The summed E-state index contributed by atoms with van der Waals surface area (Å²) in [4.78, 5) is 16.5. The van der Waals surface area contributed by atoms with E-state index in [9.17, 15) is 4.79 Å². The zero-order valence-electron chi connectivity index (χ0n) is 9.31. The second kappa shape index (κ2) is 4.58. The van der Waals surface area contributed by atoms with Crippen LogP contribution in [0.4, 0.5) is 0 Å². The van der Waals surface area contributed by atoms with Crippen molar-refractivity contribution in [2.45, 2.75) is 19.8 Å². The van der Waals surface area contributed by atoms with Crippen molar-refractivity contribution >= 4 is 17.1 Å². The minimum atomic E-state index is -0.152. The van der Waals surface area contributed by atoms with E-state index in [1.54, 1.807) is 11.3 Å². The van der Waals surface area contributed by atoms with Gasteiger partial charge in [0.1, 0.15) is 5.01 Å². The Morgan fingerprint density at radius 1 is 1.31 bits per heavy atom. The lowest BCUT2D eigenvalue weighted by atomic mass is 10.0. The lowest BCUT2D eigenvalue weighted by Gasteiger charge is -2.06. The van der Waals surface area contributed by atoms with Crippen molar-refractivity contribution in [1.29, 1.82) is 0 Å². The van der Waals surface area contributed by atoms with E-state index in [0.717, 1.165) is 16.3 Å². The van der Waals surface area contributed by atoms with Crippen LogP contribution in [0.1, 0.15) is 33.9 Å². The summed E-state index contributed by atoms with van der Waals surface area (Å²) in [5.41, 5.74) is 1.73. The van der Waals surface area contributed by atoms with E-state index in [1.165, 1.54) is 0 Å². The van der Waals surface area contributed by atoms with Gasteiger partial charge in [-0.3, -0.25) is 4.79 Å². The van der Waals surface area contributed by atoms with Crippen LogP contribution in [0.2, 0.25) is 0 Å². The first kappa shape index (κ1) is 11.0. The number of rotatable bonds is 3. The van der Waals surface area contributed by atoms with Crippen molar-refractivity contribution in [3.05, 3.63) is 52.0 Å². The average molecular weight is 231 g/mol. The molecule has 0 aliphatic heterocycles. The molecule has 0 fully saturated rings. The van der Waals surface area contributed by atoms with Gasteiger partial charge in [-0.1, -0.05) is 30.3 Å². The number of benzene rings is 1. The topological polar surface area (TPSA) is 30.0 Å². The van der Waals surface area contributed by atoms with Gasteiger partial charge in [0.2, 0.25) is 0 Å². The normalized spacial score (nSPS) is 12.4. The Labute approximate surface area is 99.0 Å². The maximum Gasteiger partial charge on any atom is 0.172 e. The molecule has 0 bridgehead atoms. The van der Waals surface area contributed by atoms with Gasteiger partial charge in [-0.05, 0) is 13.8 Å². The SMILES string of the molecule is Cc1csc(C(C)C(=O)c2ccccc2)n1. The van der Waals surface area contributed by atoms with Crippen LogP contribution in [0.25, 0.3) is 0 Å². The standard InChI is InChI=1S/C13H13NOS/c1-9-8-16-13(14-9)10(2)12(15)11-6-4-3-5-7-11/h3-8,10H,1-2H3. The Bertz CT molecular complexity index is 490. The van der Waals surface area contributed by atoms with E-state index in [2.05, 4.69) is 4.98 Å². The molecular weight excluding hydrogens is 218 g/mol. The van der Waals surface area contributed by atoms with E-state index < -0.39 is 0 Å². The number of Topliss-reactive ketones (excluding diaryl/α,β-unsaturated/α-hetero) is 1. The molecule has 0 saturated carbocycles. The molecule has 0 radical (unpaired) electrons. The number of aryl methyl sites for hydroxylation is 1. The number of ketones is 1. The molecule has 1 aromatic heterocycles. The fraction of sp³-hybridized carbons (Fsp3) is 0.231. The molecule has 0 saturated heterocycles. The molecule has 0 aliphatic rings. The molecule has 2 rings (SSSR count). The monoisotopic (exact) mass is 231 g/mol. The van der Waals surface area contributed by atoms with Crippen LogP contribution in [-0.4, -0.2) is 10.8 Å². The third-order valence-corrected chi connectivity index (χ3v) is 3.60. The summed E-state index contributed by atoms with van der Waals surface area (Å²) < 4.78 is 0. The molecule has 0 amide bonds. The largest absolute Gasteiger partial charge is 0.293 e. The highest BCUT2D eigenvalue weighted by Gasteiger charge is 2.19. The minimum absolute atomic E-state index is 0.134. The Morgan fingerprint density at radius 2 is 2.00 bits per heavy atom. The first-order valence-electron chi connectivity index (χ1n) is 5.20. The molecule has 82 valence electrons. The van der Waals surface area contributed by atoms with Crippen molar-refractivity contribution < 1.29 is 4.79 Å². The van der Waals surface area contributed by atoms with E-state index in [-0.39, 0.29) is 11.7 Å². The maximum atomic E-state index is 12.1. The molecule has 0 spiro atoms. The van der Waals surface area contributed by atoms with Crippen LogP contribution in [0.15, 0.2) is 35.7 Å². The molecule has 0 aliphatic carbocycles. The molecule has 1 unspecified atom stereocenters. The van der Waals surface area contributed by atoms with Gasteiger partial charge in [0.15, 0.2) is 5.78 Å². The highest BCUT2D eigenvalue weighted by atomic mass is 32.1. The van der Waals surface area contributed by atoms with Crippen LogP contribution < -0.4 is 0 Å². The third-order valence-electron chi connectivity index (χ3n) is 2.46. The number of carbonyl (C=O) groups is 1. The predicted molar refractivity (Wildman–Crippen MR) is 66.0 cm³/mol. The number of aromatic nitrogens is 1. The highest BCUT2D eigenvalue weighted by molar-refractivity contribution is 7.09. The van der Waals surface area contributed by atoms with Crippen molar-refractivity contribution in [2.24, 2.45) is 0 Å². The first-order chi connectivity index (χ1) is 7.68. The molecule has 3 heteroatoms. The predicted octanol–water partition coefficient (Wildman–Crippen LogP) is 3.44. The van der Waals surface area contributed by atoms with Crippen molar-refractivity contribution in [1.82, 2.24) is 4.98 Å². The molecule has 1 aromatic carbocycles. The molecule has 0 N–H and O–H groups in total. The Hall–Kier alpha value is -1.48. The summed E-state index contributed by atoms with van der Waals surface area (Å²) in [6.07, 6.45) is 0. The van der Waals surface area contributed by atoms with Crippen molar-refractivity contribution in [2.75, 3.05) is 0 Å². The van der Waals surface area contributed by atoms with Crippen LogP contribution in [0, 0.1) is 6.92 Å². The van der Waals surface area contributed by atoms with Gasteiger partial charge < -0.3 is 0 Å². The fourth-order valence-electron chi connectivity index (χ4n) is 1.54. The van der Waals surface area contributed by atoms with Gasteiger partial charge >= 0.3 is 0 Å². The average Bonchev–Trinajstić information content (AvgIpc) is 2.75. The van der Waals surface area contributed by atoms with Gasteiger partial charge in [-0.2, -0.15) is 0 Å². The third kappa shape index (κ3) is 2.19. The van der Waals surface area contributed by atoms with Crippen LogP contribution in [0.5, 0.6) is 0 Å². The molecule has 2 nitrogen and oxygen atoms in total. The molecule has 2 aromatic rings. The second-order valence-corrected chi connectivity index (χ2v) is 4.67. The van der Waals surface area contributed by atoms with Crippen LogP contribution in [0.3, 0.4) is 0 Å². The van der Waals surface area contributed by atoms with Gasteiger partial charge in [-0.15, -0.1) is 11.3 Å². The molecular formula is C13H13NOS. The zero-order chi connectivity index (χ0) is 11.5. The number of thiazole rings is 1. The quantitative estimate of drug-likeness (QED) is 0.757. The van der Waals surface area contributed by atoms with Crippen molar-refractivity contribution in [3.8, 4) is 0 Å². The minimum Gasteiger partial charge on any atom is -0.293 e. The number of hydrogen-bond acceptors (Lipinski definition) is 3. The van der Waals surface area contributed by atoms with Crippen molar-refractivity contribution in [3.63, 3.8) is 0 Å². The van der Waals surface area contributed by atoms with Crippen LogP contribution in [-0.2, 0) is 0 Å². The van der Waals surface area contributed by atoms with E-state index in [0.29, 0.717) is 0 Å².